The normalized spacial score (nSPS) is 39.4. The van der Waals surface area contributed by atoms with Gasteiger partial charge in [-0.1, -0.05) is 0 Å². The maximum absolute atomic E-state index is 9.73. The van der Waals surface area contributed by atoms with Gasteiger partial charge in [0, 0.05) is 32.8 Å². The van der Waals surface area contributed by atoms with Crippen LogP contribution in [0.3, 0.4) is 0 Å². The smallest absolute Gasteiger partial charge is 0.0831 e. The van der Waals surface area contributed by atoms with E-state index in [0.29, 0.717) is 12.0 Å². The molecular weight excluding hydrogens is 180 g/mol. The third-order valence-electron chi connectivity index (χ3n) is 3.34. The van der Waals surface area contributed by atoms with E-state index < -0.39 is 0 Å². The van der Waals surface area contributed by atoms with E-state index in [-0.39, 0.29) is 6.10 Å². The molecule has 14 heavy (non-hydrogen) atoms. The van der Waals surface area contributed by atoms with Crippen LogP contribution < -0.4 is 5.32 Å². The van der Waals surface area contributed by atoms with Crippen molar-refractivity contribution in [1.29, 1.82) is 0 Å². The number of likely N-dealkylation sites (tertiary alicyclic amines) is 1. The van der Waals surface area contributed by atoms with E-state index in [2.05, 4.69) is 10.2 Å². The molecule has 2 fully saturated rings. The van der Waals surface area contributed by atoms with Gasteiger partial charge >= 0.3 is 0 Å². The molecule has 0 aromatic rings. The van der Waals surface area contributed by atoms with Crippen molar-refractivity contribution >= 4 is 0 Å². The van der Waals surface area contributed by atoms with Crippen LogP contribution in [0.2, 0.25) is 0 Å². The van der Waals surface area contributed by atoms with Gasteiger partial charge in [0.1, 0.15) is 0 Å². The van der Waals surface area contributed by atoms with Crippen LogP contribution in [0.4, 0.5) is 0 Å². The highest BCUT2D eigenvalue weighted by Crippen LogP contribution is 2.21. The van der Waals surface area contributed by atoms with Crippen LogP contribution in [0, 0.1) is 5.92 Å². The van der Waals surface area contributed by atoms with E-state index >= 15 is 0 Å². The van der Waals surface area contributed by atoms with Crippen LogP contribution in [-0.2, 0) is 4.74 Å². The van der Waals surface area contributed by atoms with Gasteiger partial charge in [0.25, 0.3) is 0 Å². The van der Waals surface area contributed by atoms with Gasteiger partial charge in [-0.25, -0.2) is 0 Å². The summed E-state index contributed by atoms with van der Waals surface area (Å²) in [7, 11) is 1.76. The predicted octanol–water partition coefficient (Wildman–Crippen LogP) is -0.713. The first-order valence-corrected chi connectivity index (χ1v) is 5.43. The fourth-order valence-corrected chi connectivity index (χ4v) is 2.56. The van der Waals surface area contributed by atoms with Crippen LogP contribution in [-0.4, -0.2) is 62.0 Å². The van der Waals surface area contributed by atoms with E-state index in [1.165, 1.54) is 6.42 Å². The molecule has 2 rings (SSSR count). The van der Waals surface area contributed by atoms with Gasteiger partial charge < -0.3 is 15.2 Å². The maximum Gasteiger partial charge on any atom is 0.0831 e. The number of aliphatic hydroxyl groups is 1. The molecule has 4 nitrogen and oxygen atoms in total. The summed E-state index contributed by atoms with van der Waals surface area (Å²) in [5, 5.41) is 13.0. The van der Waals surface area contributed by atoms with Gasteiger partial charge in [0.05, 0.1) is 12.7 Å². The lowest BCUT2D eigenvalue weighted by Gasteiger charge is -2.25. The van der Waals surface area contributed by atoms with Crippen molar-refractivity contribution in [1.82, 2.24) is 10.2 Å². The molecule has 2 aliphatic heterocycles. The molecule has 0 aromatic heterocycles. The third-order valence-corrected chi connectivity index (χ3v) is 3.34. The van der Waals surface area contributed by atoms with Crippen molar-refractivity contribution < 1.29 is 9.84 Å². The summed E-state index contributed by atoms with van der Waals surface area (Å²) < 4.78 is 5.16. The number of methoxy groups -OCH3 is 1. The fourth-order valence-electron chi connectivity index (χ4n) is 2.56. The highest BCUT2D eigenvalue weighted by molar-refractivity contribution is 4.91. The van der Waals surface area contributed by atoms with Gasteiger partial charge in [-0.2, -0.15) is 0 Å². The molecule has 0 bridgehead atoms. The van der Waals surface area contributed by atoms with E-state index in [1.807, 2.05) is 0 Å². The Morgan fingerprint density at radius 3 is 3.00 bits per heavy atom. The second-order valence-corrected chi connectivity index (χ2v) is 4.40. The predicted molar refractivity (Wildman–Crippen MR) is 54.2 cm³/mol. The number of β-amino-alcohol motifs (C(OH)–C–C–N with tert-alkyl or cyclic N) is 1. The molecule has 2 N–H and O–H groups in total. The quantitative estimate of drug-likeness (QED) is 0.631. The monoisotopic (exact) mass is 200 g/mol. The number of nitrogens with zero attached hydrogens (tertiary/aromatic N) is 1. The zero-order valence-electron chi connectivity index (χ0n) is 8.78. The Hall–Kier alpha value is -0.160. The van der Waals surface area contributed by atoms with E-state index in [9.17, 15) is 5.11 Å². The standard InChI is InChI=1S/C10H20N2O2/c1-14-7-8-2-3-12(6-8)9-4-11-5-10(9)13/h8-11,13H,2-7H2,1H3. The third kappa shape index (κ3) is 2.08. The minimum atomic E-state index is -0.184. The Balaban J connectivity index is 1.82. The number of nitrogens with one attached hydrogen (secondary N) is 1. The van der Waals surface area contributed by atoms with Crippen LogP contribution in [0.5, 0.6) is 0 Å². The number of ether oxygens (including phenoxy) is 1. The van der Waals surface area contributed by atoms with Crippen molar-refractivity contribution in [3.63, 3.8) is 0 Å². The first-order chi connectivity index (χ1) is 6.81. The summed E-state index contributed by atoms with van der Waals surface area (Å²) in [5.74, 6) is 0.660. The lowest BCUT2D eigenvalue weighted by Crippen LogP contribution is -2.41. The molecule has 82 valence electrons. The summed E-state index contributed by atoms with van der Waals surface area (Å²) >= 11 is 0. The molecule has 4 heteroatoms. The molecule has 0 spiro atoms. The van der Waals surface area contributed by atoms with Gasteiger partial charge in [-0.15, -0.1) is 0 Å². The minimum absolute atomic E-state index is 0.184. The topological polar surface area (TPSA) is 44.7 Å². The van der Waals surface area contributed by atoms with Gasteiger partial charge in [-0.05, 0) is 18.9 Å². The van der Waals surface area contributed by atoms with Crippen LogP contribution in [0.15, 0.2) is 0 Å². The van der Waals surface area contributed by atoms with E-state index in [4.69, 9.17) is 4.74 Å². The molecule has 0 saturated carbocycles. The summed E-state index contributed by atoms with van der Waals surface area (Å²) in [5.41, 5.74) is 0. The molecule has 3 unspecified atom stereocenters. The molecule has 2 aliphatic rings. The average Bonchev–Trinajstić information content (AvgIpc) is 2.74. The lowest BCUT2D eigenvalue weighted by molar-refractivity contribution is 0.0899. The van der Waals surface area contributed by atoms with Crippen molar-refractivity contribution in [3.8, 4) is 0 Å². The maximum atomic E-state index is 9.73. The Bertz CT molecular complexity index is 189. The molecule has 3 atom stereocenters. The van der Waals surface area contributed by atoms with Crippen molar-refractivity contribution in [2.75, 3.05) is 39.9 Å². The van der Waals surface area contributed by atoms with Crippen LogP contribution in [0.1, 0.15) is 6.42 Å². The summed E-state index contributed by atoms with van der Waals surface area (Å²) in [4.78, 5) is 2.40. The highest BCUT2D eigenvalue weighted by Gasteiger charge is 2.34. The van der Waals surface area contributed by atoms with Crippen LogP contribution in [0.25, 0.3) is 0 Å². The molecular formula is C10H20N2O2. The first-order valence-electron chi connectivity index (χ1n) is 5.43. The van der Waals surface area contributed by atoms with Gasteiger partial charge in [0.2, 0.25) is 0 Å². The van der Waals surface area contributed by atoms with E-state index in [1.54, 1.807) is 7.11 Å². The van der Waals surface area contributed by atoms with Crippen LogP contribution >= 0.6 is 0 Å². The molecule has 0 amide bonds. The Morgan fingerprint density at radius 2 is 2.36 bits per heavy atom. The molecule has 0 aliphatic carbocycles. The fraction of sp³-hybridized carbons (Fsp3) is 1.00. The largest absolute Gasteiger partial charge is 0.390 e. The zero-order valence-corrected chi connectivity index (χ0v) is 8.78. The Morgan fingerprint density at radius 1 is 1.50 bits per heavy atom. The van der Waals surface area contributed by atoms with Gasteiger partial charge in [-0.3, -0.25) is 4.90 Å². The number of hydrogen-bond donors (Lipinski definition) is 2. The molecule has 0 radical (unpaired) electrons. The van der Waals surface area contributed by atoms with Crippen molar-refractivity contribution in [2.45, 2.75) is 18.6 Å². The molecule has 0 aromatic carbocycles. The molecule has 2 saturated heterocycles. The van der Waals surface area contributed by atoms with Gasteiger partial charge in [0.15, 0.2) is 0 Å². The number of aliphatic hydroxyl groups excluding tert-OH is 1. The lowest BCUT2D eigenvalue weighted by atomic mass is 10.1. The summed E-state index contributed by atoms with van der Waals surface area (Å²) in [6.07, 6.45) is 1.02. The minimum Gasteiger partial charge on any atom is -0.390 e. The molecule has 2 heterocycles. The summed E-state index contributed by atoms with van der Waals surface area (Å²) in [6, 6.07) is 0.330. The Labute approximate surface area is 85.2 Å². The SMILES string of the molecule is COCC1CCN(C2CNCC2O)C1. The highest BCUT2D eigenvalue weighted by atomic mass is 16.5. The average molecular weight is 200 g/mol. The second-order valence-electron chi connectivity index (χ2n) is 4.40. The summed E-state index contributed by atoms with van der Waals surface area (Å²) in [6.45, 7) is 4.72. The first kappa shape index (κ1) is 10.4. The number of rotatable bonds is 3. The van der Waals surface area contributed by atoms with Crippen molar-refractivity contribution in [2.24, 2.45) is 5.92 Å². The van der Waals surface area contributed by atoms with Crippen molar-refractivity contribution in [3.05, 3.63) is 0 Å². The zero-order chi connectivity index (χ0) is 9.97. The number of hydrogen-bond acceptors (Lipinski definition) is 4. The second kappa shape index (κ2) is 4.57. The Kier molecular flexibility index (Phi) is 3.38. The van der Waals surface area contributed by atoms with E-state index in [0.717, 1.165) is 32.8 Å².